The first-order valence-corrected chi connectivity index (χ1v) is 19.6. The summed E-state index contributed by atoms with van der Waals surface area (Å²) in [4.78, 5) is 8.91. The van der Waals surface area contributed by atoms with E-state index < -0.39 is 0 Å². The molecule has 7 aromatic carbocycles. The van der Waals surface area contributed by atoms with E-state index >= 15 is 0 Å². The van der Waals surface area contributed by atoms with Gasteiger partial charge >= 0.3 is 203 Å². The number of rotatable bonds is 6. The molecule has 9 rings (SSSR count). The molecule has 0 amide bonds. The fourth-order valence-electron chi connectivity index (χ4n) is 6.39. The van der Waals surface area contributed by atoms with Crippen LogP contribution in [-0.4, -0.2) is 4.98 Å². The van der Waals surface area contributed by atoms with Gasteiger partial charge in [-0.25, -0.2) is 4.98 Å². The molecule has 47 heavy (non-hydrogen) atoms. The SMILES string of the molecule is C1=C(N(c2ccccc2)c2ccc3cc4cc(C(c5ccccc5)c5nc6ccccc6s5)ccc4cc3c2)Sc2ccccc2[I-]1. The summed E-state index contributed by atoms with van der Waals surface area (Å²) in [6.45, 7) is 0. The van der Waals surface area contributed by atoms with Gasteiger partial charge in [0.1, 0.15) is 5.01 Å². The van der Waals surface area contributed by atoms with E-state index in [1.165, 1.54) is 62.2 Å². The van der Waals surface area contributed by atoms with E-state index in [0.29, 0.717) is 0 Å². The average molecular weight is 752 g/mol. The molecule has 8 aromatic rings. The molecule has 0 saturated heterocycles. The van der Waals surface area contributed by atoms with Crippen molar-refractivity contribution in [2.45, 2.75) is 10.8 Å². The Balaban J connectivity index is 1.13. The molecule has 0 radical (unpaired) electrons. The molecule has 0 spiro atoms. The van der Waals surface area contributed by atoms with Gasteiger partial charge in [0, 0.05) is 0 Å². The Hall–Kier alpha value is -4.43. The van der Waals surface area contributed by atoms with Crippen LogP contribution in [0.5, 0.6) is 0 Å². The van der Waals surface area contributed by atoms with E-state index in [2.05, 4.69) is 167 Å². The van der Waals surface area contributed by atoms with E-state index in [1.54, 1.807) is 11.3 Å². The van der Waals surface area contributed by atoms with Gasteiger partial charge in [0.2, 0.25) is 0 Å². The van der Waals surface area contributed by atoms with Crippen LogP contribution in [-0.2, 0) is 0 Å². The molecule has 1 unspecified atom stereocenters. The predicted octanol–water partition coefficient (Wildman–Crippen LogP) is 8.78. The van der Waals surface area contributed by atoms with Crippen molar-refractivity contribution in [3.8, 4) is 0 Å². The minimum absolute atomic E-state index is 0.0738. The Morgan fingerprint density at radius 3 is 2.09 bits per heavy atom. The van der Waals surface area contributed by atoms with Crippen molar-refractivity contribution in [3.63, 3.8) is 0 Å². The maximum atomic E-state index is 5.11. The number of para-hydroxylation sites is 2. The van der Waals surface area contributed by atoms with Crippen LogP contribution in [0.15, 0.2) is 172 Å². The Kier molecular flexibility index (Phi) is 7.53. The van der Waals surface area contributed by atoms with E-state index in [0.717, 1.165) is 10.5 Å². The number of hydrogen-bond donors (Lipinski definition) is 0. The first-order chi connectivity index (χ1) is 23.3. The topological polar surface area (TPSA) is 16.1 Å². The van der Waals surface area contributed by atoms with Crippen LogP contribution < -0.4 is 26.1 Å². The molecule has 2 heterocycles. The predicted molar refractivity (Wildman–Crippen MR) is 196 cm³/mol. The second-order valence-electron chi connectivity index (χ2n) is 11.6. The van der Waals surface area contributed by atoms with E-state index in [1.807, 2.05) is 11.8 Å². The zero-order valence-corrected chi connectivity index (χ0v) is 29.0. The second kappa shape index (κ2) is 12.3. The summed E-state index contributed by atoms with van der Waals surface area (Å²) in [6.07, 6.45) is 0. The van der Waals surface area contributed by atoms with Gasteiger partial charge in [-0.1, -0.05) is 42.5 Å². The third-order valence-corrected chi connectivity index (χ3v) is 14.1. The van der Waals surface area contributed by atoms with Crippen LogP contribution in [0.2, 0.25) is 0 Å². The zero-order valence-electron chi connectivity index (χ0n) is 25.3. The fraction of sp³-hybridized carbons (Fsp3) is 0.0238. The van der Waals surface area contributed by atoms with E-state index in [4.69, 9.17) is 4.98 Å². The molecule has 1 aliphatic rings. The van der Waals surface area contributed by atoms with Crippen molar-refractivity contribution in [1.29, 1.82) is 0 Å². The Morgan fingerprint density at radius 1 is 0.553 bits per heavy atom. The summed E-state index contributed by atoms with van der Waals surface area (Å²) in [5.74, 6) is 0.0738. The molecular formula is C42H28IN2S2-. The van der Waals surface area contributed by atoms with Crippen molar-refractivity contribution in [2.24, 2.45) is 0 Å². The van der Waals surface area contributed by atoms with Gasteiger partial charge in [-0.05, 0) is 17.7 Å². The first kappa shape index (κ1) is 28.8. The molecule has 0 N–H and O–H groups in total. The number of hydrogen-bond acceptors (Lipinski definition) is 4. The fourth-order valence-corrected chi connectivity index (χ4v) is 11.5. The molecule has 1 aliphatic heterocycles. The van der Waals surface area contributed by atoms with Crippen LogP contribution >= 0.6 is 23.1 Å². The Bertz CT molecular complexity index is 2400. The number of anilines is 2. The molecule has 0 saturated carbocycles. The minimum atomic E-state index is -0.200. The zero-order chi connectivity index (χ0) is 31.2. The number of aromatic nitrogens is 1. The van der Waals surface area contributed by atoms with Crippen LogP contribution in [0.1, 0.15) is 22.1 Å². The maximum absolute atomic E-state index is 5.11. The average Bonchev–Trinajstić information content (AvgIpc) is 3.55. The van der Waals surface area contributed by atoms with Gasteiger partial charge in [0.15, 0.2) is 0 Å². The second-order valence-corrected chi connectivity index (χ2v) is 16.1. The summed E-state index contributed by atoms with van der Waals surface area (Å²) in [6, 6.07) is 57.4. The standard InChI is InChI=1S/C42H28IN2S2/c1-3-11-28(12-4-1)41(42-44-37-16-8-10-18-39(37)47-42)31-20-19-29-24-33-26-35(22-21-30(33)23-32(29)25-31)45(34-13-5-2-6-14-34)40-27-43-36-15-7-9-17-38(36)46-40/h1-27,41H/q-1. The van der Waals surface area contributed by atoms with Crippen molar-refractivity contribution >= 4 is 66.2 Å². The monoisotopic (exact) mass is 751 g/mol. The summed E-state index contributed by atoms with van der Waals surface area (Å²) in [7, 11) is 0. The van der Waals surface area contributed by atoms with Crippen molar-refractivity contribution < 1.29 is 21.2 Å². The molecule has 1 aromatic heterocycles. The molecule has 5 heteroatoms. The van der Waals surface area contributed by atoms with Gasteiger partial charge < -0.3 is 0 Å². The van der Waals surface area contributed by atoms with Gasteiger partial charge in [0.25, 0.3) is 0 Å². The van der Waals surface area contributed by atoms with Gasteiger partial charge in [-0.3, -0.25) is 0 Å². The van der Waals surface area contributed by atoms with E-state index in [-0.39, 0.29) is 27.1 Å². The van der Waals surface area contributed by atoms with Crippen LogP contribution in [0.25, 0.3) is 31.8 Å². The van der Waals surface area contributed by atoms with Crippen LogP contribution in [0.4, 0.5) is 11.4 Å². The van der Waals surface area contributed by atoms with Gasteiger partial charge in [0.05, 0.1) is 10.2 Å². The number of nitrogens with zero attached hydrogens (tertiary/aromatic N) is 2. The number of thiazole rings is 1. The third-order valence-electron chi connectivity index (χ3n) is 8.64. The number of halogens is 1. The molecule has 2 nitrogen and oxygen atoms in total. The van der Waals surface area contributed by atoms with Crippen LogP contribution in [0.3, 0.4) is 0 Å². The molecule has 226 valence electrons. The van der Waals surface area contributed by atoms with Crippen molar-refractivity contribution in [3.05, 3.63) is 187 Å². The molecular weight excluding hydrogens is 724 g/mol. The number of benzene rings is 7. The van der Waals surface area contributed by atoms with Gasteiger partial charge in [-0.15, -0.1) is 11.3 Å². The van der Waals surface area contributed by atoms with Crippen molar-refractivity contribution in [1.82, 2.24) is 4.98 Å². The first-order valence-electron chi connectivity index (χ1n) is 15.6. The molecule has 0 aliphatic carbocycles. The summed E-state index contributed by atoms with van der Waals surface area (Å²) < 4.78 is 5.19. The Morgan fingerprint density at radius 2 is 1.26 bits per heavy atom. The summed E-state index contributed by atoms with van der Waals surface area (Å²) in [5, 5.41) is 7.39. The van der Waals surface area contributed by atoms with Crippen molar-refractivity contribution in [2.75, 3.05) is 4.90 Å². The summed E-state index contributed by atoms with van der Waals surface area (Å²) in [5.41, 5.74) is 5.95. The quantitative estimate of drug-likeness (QED) is 0.125. The van der Waals surface area contributed by atoms with E-state index in [9.17, 15) is 0 Å². The number of thioether (sulfide) groups is 1. The molecule has 0 bridgehead atoms. The molecule has 1 atom stereocenters. The number of fused-ring (bicyclic) bond motifs is 4. The Labute approximate surface area is 292 Å². The third kappa shape index (κ3) is 5.52. The molecule has 0 fully saturated rings. The van der Waals surface area contributed by atoms with Gasteiger partial charge in [-0.2, -0.15) is 0 Å². The van der Waals surface area contributed by atoms with Crippen LogP contribution in [0, 0.1) is 3.57 Å². The normalized spacial score (nSPS) is 13.6. The summed E-state index contributed by atoms with van der Waals surface area (Å²) >= 11 is 3.47.